The molecule has 4 N–H and O–H groups in total. The fourth-order valence-electron chi connectivity index (χ4n) is 3.16. The molecule has 0 bridgehead atoms. The first-order valence-corrected chi connectivity index (χ1v) is 9.83. The number of nitrogens with zero attached hydrogens (tertiary/aromatic N) is 1. The van der Waals surface area contributed by atoms with Crippen LogP contribution in [0, 0.1) is 6.92 Å². The van der Waals surface area contributed by atoms with E-state index in [-0.39, 0.29) is 24.1 Å². The van der Waals surface area contributed by atoms with Crippen LogP contribution in [-0.2, 0) is 16.0 Å². The molecule has 1 atom stereocenters. The van der Waals surface area contributed by atoms with Crippen molar-refractivity contribution in [1.82, 2.24) is 4.98 Å². The molecule has 3 rings (SSSR count). The number of benzene rings is 2. The average Bonchev–Trinajstić information content (AvgIpc) is 2.70. The predicted octanol–water partition coefficient (Wildman–Crippen LogP) is 4.29. The number of anilines is 3. The lowest BCUT2D eigenvalue weighted by atomic mass is 9.98. The summed E-state index contributed by atoms with van der Waals surface area (Å²) in [4.78, 5) is 27.3. The van der Waals surface area contributed by atoms with Crippen molar-refractivity contribution in [2.45, 2.75) is 32.7 Å². The Bertz CT molecular complexity index is 1020. The third-order valence-electron chi connectivity index (χ3n) is 4.69. The number of amides is 1. The minimum absolute atomic E-state index is 0.00180. The molecule has 1 aromatic heterocycles. The van der Waals surface area contributed by atoms with Gasteiger partial charge < -0.3 is 16.4 Å². The number of carbonyl (C=O) groups is 2. The summed E-state index contributed by atoms with van der Waals surface area (Å²) in [5.41, 5.74) is 9.97. The molecule has 1 heterocycles. The van der Waals surface area contributed by atoms with Gasteiger partial charge in [-0.15, -0.1) is 0 Å². The third kappa shape index (κ3) is 5.91. The highest BCUT2D eigenvalue weighted by Gasteiger charge is 2.15. The van der Waals surface area contributed by atoms with Gasteiger partial charge in [-0.25, -0.2) is 4.98 Å². The number of nitrogens with one attached hydrogen (secondary N) is 2. The van der Waals surface area contributed by atoms with Crippen molar-refractivity contribution in [2.24, 2.45) is 0 Å². The molecule has 30 heavy (non-hydrogen) atoms. The Morgan fingerprint density at radius 2 is 1.70 bits per heavy atom. The second kappa shape index (κ2) is 9.69. The van der Waals surface area contributed by atoms with E-state index in [1.165, 1.54) is 18.1 Å². The molecular weight excluding hydrogens is 376 g/mol. The van der Waals surface area contributed by atoms with Crippen LogP contribution < -0.4 is 16.4 Å². The van der Waals surface area contributed by atoms with E-state index >= 15 is 0 Å². The highest BCUT2D eigenvalue weighted by atomic mass is 16.2. The van der Waals surface area contributed by atoms with Gasteiger partial charge in [0.15, 0.2) is 0 Å². The van der Waals surface area contributed by atoms with Crippen LogP contribution in [0.3, 0.4) is 0 Å². The molecule has 1 unspecified atom stereocenters. The molecule has 3 aromatic rings. The van der Waals surface area contributed by atoms with Crippen molar-refractivity contribution in [3.63, 3.8) is 0 Å². The molecule has 0 radical (unpaired) electrons. The average molecular weight is 402 g/mol. The van der Waals surface area contributed by atoms with Crippen LogP contribution in [0.2, 0.25) is 0 Å². The van der Waals surface area contributed by atoms with Gasteiger partial charge in [-0.3, -0.25) is 9.59 Å². The number of ketones is 1. The fourth-order valence-corrected chi connectivity index (χ4v) is 3.16. The van der Waals surface area contributed by atoms with Crippen molar-refractivity contribution in [2.75, 3.05) is 16.4 Å². The van der Waals surface area contributed by atoms with Gasteiger partial charge in [0, 0.05) is 0 Å². The Hall–Kier alpha value is -3.67. The number of Topliss-reactive ketones (excluding diaryl/α,β-unsaturated/α-hetero) is 1. The number of aromatic nitrogens is 1. The molecular formula is C24H26N4O2. The number of rotatable bonds is 8. The van der Waals surface area contributed by atoms with Crippen LogP contribution in [0.15, 0.2) is 66.7 Å². The van der Waals surface area contributed by atoms with Crippen LogP contribution in [-0.4, -0.2) is 16.7 Å². The summed E-state index contributed by atoms with van der Waals surface area (Å²) in [6.45, 7) is 3.43. The number of hydrogen-bond acceptors (Lipinski definition) is 5. The number of nitrogens with two attached hydrogens (primary N) is 1. The summed E-state index contributed by atoms with van der Waals surface area (Å²) in [5.74, 6) is 0.190. The first-order chi connectivity index (χ1) is 14.4. The van der Waals surface area contributed by atoms with E-state index in [0.717, 1.165) is 12.0 Å². The smallest absolute Gasteiger partial charge is 0.231 e. The summed E-state index contributed by atoms with van der Waals surface area (Å²) >= 11 is 0. The molecule has 0 fully saturated rings. The van der Waals surface area contributed by atoms with Gasteiger partial charge in [0.1, 0.15) is 17.4 Å². The van der Waals surface area contributed by atoms with Crippen molar-refractivity contribution >= 4 is 29.0 Å². The SMILES string of the molecule is CC(=O)CC(=O)Nc1ccc(NC(Cc2ccccc2)c2ccc(C)cc2)nc1N. The molecule has 6 nitrogen and oxygen atoms in total. The highest BCUT2D eigenvalue weighted by molar-refractivity contribution is 6.04. The molecule has 6 heteroatoms. The van der Waals surface area contributed by atoms with Gasteiger partial charge in [0.2, 0.25) is 5.91 Å². The maximum absolute atomic E-state index is 11.8. The summed E-state index contributed by atoms with van der Waals surface area (Å²) in [7, 11) is 0. The Balaban J connectivity index is 1.79. The molecule has 1 amide bonds. The van der Waals surface area contributed by atoms with Crippen molar-refractivity contribution in [1.29, 1.82) is 0 Å². The zero-order chi connectivity index (χ0) is 21.5. The van der Waals surface area contributed by atoms with Crippen LogP contribution in [0.25, 0.3) is 0 Å². The normalized spacial score (nSPS) is 11.5. The monoisotopic (exact) mass is 402 g/mol. The molecule has 0 aliphatic carbocycles. The topological polar surface area (TPSA) is 97.1 Å². The van der Waals surface area contributed by atoms with Crippen molar-refractivity contribution in [3.8, 4) is 0 Å². The molecule has 0 saturated carbocycles. The number of hydrogen-bond donors (Lipinski definition) is 3. The Morgan fingerprint density at radius 1 is 1.00 bits per heavy atom. The lowest BCUT2D eigenvalue weighted by Gasteiger charge is -2.21. The summed E-state index contributed by atoms with van der Waals surface area (Å²) < 4.78 is 0. The van der Waals surface area contributed by atoms with Gasteiger partial charge in [-0.2, -0.15) is 0 Å². The van der Waals surface area contributed by atoms with Crippen LogP contribution in [0.1, 0.15) is 36.1 Å². The van der Waals surface area contributed by atoms with Gasteiger partial charge in [0.25, 0.3) is 0 Å². The highest BCUT2D eigenvalue weighted by Crippen LogP contribution is 2.26. The van der Waals surface area contributed by atoms with Gasteiger partial charge in [-0.05, 0) is 43.5 Å². The molecule has 0 spiro atoms. The molecule has 0 saturated heterocycles. The van der Waals surface area contributed by atoms with Crippen molar-refractivity contribution in [3.05, 3.63) is 83.4 Å². The van der Waals surface area contributed by atoms with E-state index in [1.807, 2.05) is 18.2 Å². The second-order valence-electron chi connectivity index (χ2n) is 7.35. The first-order valence-electron chi connectivity index (χ1n) is 9.83. The number of nitrogen functional groups attached to an aromatic ring is 1. The maximum atomic E-state index is 11.8. The quantitative estimate of drug-likeness (QED) is 0.489. The third-order valence-corrected chi connectivity index (χ3v) is 4.69. The first kappa shape index (κ1) is 21.0. The fraction of sp³-hybridized carbons (Fsp3) is 0.208. The van der Waals surface area contributed by atoms with E-state index in [1.54, 1.807) is 12.1 Å². The largest absolute Gasteiger partial charge is 0.382 e. The van der Waals surface area contributed by atoms with Crippen LogP contribution >= 0.6 is 0 Å². The van der Waals surface area contributed by atoms with E-state index in [9.17, 15) is 9.59 Å². The Morgan fingerprint density at radius 3 is 2.33 bits per heavy atom. The summed E-state index contributed by atoms with van der Waals surface area (Å²) in [5, 5.41) is 6.08. The van der Waals surface area contributed by atoms with E-state index in [4.69, 9.17) is 5.73 Å². The minimum atomic E-state index is -0.404. The Kier molecular flexibility index (Phi) is 6.80. The molecule has 2 aromatic carbocycles. The summed E-state index contributed by atoms with van der Waals surface area (Å²) in [6.07, 6.45) is 0.592. The minimum Gasteiger partial charge on any atom is -0.382 e. The number of carbonyl (C=O) groups excluding carboxylic acids is 2. The standard InChI is InChI=1S/C24H26N4O2/c1-16-8-10-19(11-9-16)21(15-18-6-4-3-5-7-18)26-22-13-12-20(24(25)28-22)27-23(30)14-17(2)29/h3-13,21H,14-15H2,1-2H3,(H,27,30)(H3,25,26,28). The predicted molar refractivity (Wildman–Crippen MR) is 120 cm³/mol. The van der Waals surface area contributed by atoms with Crippen LogP contribution in [0.4, 0.5) is 17.3 Å². The Labute approximate surface area is 176 Å². The van der Waals surface area contributed by atoms with Crippen molar-refractivity contribution < 1.29 is 9.59 Å². The van der Waals surface area contributed by atoms with Gasteiger partial charge >= 0.3 is 0 Å². The lowest BCUT2D eigenvalue weighted by Crippen LogP contribution is -2.17. The van der Waals surface area contributed by atoms with E-state index in [0.29, 0.717) is 11.5 Å². The second-order valence-corrected chi connectivity index (χ2v) is 7.35. The molecule has 0 aliphatic heterocycles. The number of pyridine rings is 1. The molecule has 154 valence electrons. The lowest BCUT2D eigenvalue weighted by molar-refractivity contribution is -0.124. The van der Waals surface area contributed by atoms with Gasteiger partial charge in [-0.1, -0.05) is 60.2 Å². The van der Waals surface area contributed by atoms with Gasteiger partial charge in [0.05, 0.1) is 18.2 Å². The van der Waals surface area contributed by atoms with E-state index in [2.05, 4.69) is 58.9 Å². The maximum Gasteiger partial charge on any atom is 0.231 e. The summed E-state index contributed by atoms with van der Waals surface area (Å²) in [6, 6.07) is 22.1. The van der Waals surface area contributed by atoms with E-state index < -0.39 is 5.91 Å². The zero-order valence-corrected chi connectivity index (χ0v) is 17.2. The van der Waals surface area contributed by atoms with Crippen LogP contribution in [0.5, 0.6) is 0 Å². The zero-order valence-electron chi connectivity index (χ0n) is 17.2. The molecule has 0 aliphatic rings. The number of aryl methyl sites for hydroxylation is 1.